The van der Waals surface area contributed by atoms with Gasteiger partial charge in [0.05, 0.1) is 16.1 Å². The van der Waals surface area contributed by atoms with Crippen LogP contribution >= 0.6 is 11.6 Å². The highest BCUT2D eigenvalue weighted by atomic mass is 35.5. The molecule has 0 heterocycles. The molecule has 0 aromatic heterocycles. The summed E-state index contributed by atoms with van der Waals surface area (Å²) >= 11 is 5.91. The van der Waals surface area contributed by atoms with Crippen molar-refractivity contribution < 1.29 is 22.8 Å². The van der Waals surface area contributed by atoms with E-state index in [0.717, 1.165) is 12.1 Å². The maximum Gasteiger partial charge on any atom is 0.416 e. The Morgan fingerprint density at radius 1 is 1.12 bits per heavy atom. The van der Waals surface area contributed by atoms with Gasteiger partial charge in [0.15, 0.2) is 0 Å². The van der Waals surface area contributed by atoms with Crippen LogP contribution in [-0.2, 0) is 17.4 Å². The summed E-state index contributed by atoms with van der Waals surface area (Å²) < 4.78 is 38.3. The minimum absolute atomic E-state index is 0.138. The van der Waals surface area contributed by atoms with Gasteiger partial charge in [0, 0.05) is 6.42 Å². The van der Waals surface area contributed by atoms with Gasteiger partial charge in [-0.05, 0) is 23.8 Å². The third-order valence-electron chi connectivity index (χ3n) is 3.46. The molecule has 4 nitrogen and oxygen atoms in total. The molecule has 0 fully saturated rings. The van der Waals surface area contributed by atoms with Crippen LogP contribution < -0.4 is 11.1 Å². The number of nitrogens with two attached hydrogens (primary N) is 1. The van der Waals surface area contributed by atoms with Crippen molar-refractivity contribution >= 4 is 23.4 Å². The summed E-state index contributed by atoms with van der Waals surface area (Å²) in [5.41, 5.74) is 4.78. The molecule has 0 saturated carbocycles. The van der Waals surface area contributed by atoms with Crippen LogP contribution in [0.4, 0.5) is 13.2 Å². The number of benzene rings is 2. The lowest BCUT2D eigenvalue weighted by molar-refractivity contribution is -0.137. The number of primary amides is 1. The lowest BCUT2D eigenvalue weighted by atomic mass is 10.0. The number of alkyl halides is 3. The van der Waals surface area contributed by atoms with Crippen LogP contribution in [0.5, 0.6) is 0 Å². The van der Waals surface area contributed by atoms with Gasteiger partial charge in [-0.15, -0.1) is 0 Å². The second-order valence-corrected chi connectivity index (χ2v) is 5.72. The van der Waals surface area contributed by atoms with Crippen LogP contribution in [0.25, 0.3) is 0 Å². The molecular formula is C17H14ClF3N2O2. The van der Waals surface area contributed by atoms with Crippen LogP contribution in [0.3, 0.4) is 0 Å². The quantitative estimate of drug-likeness (QED) is 0.848. The monoisotopic (exact) mass is 370 g/mol. The zero-order valence-electron chi connectivity index (χ0n) is 12.8. The normalized spacial score (nSPS) is 12.5. The number of carbonyl (C=O) groups is 2. The molecule has 0 aliphatic carbocycles. The van der Waals surface area contributed by atoms with Crippen molar-refractivity contribution in [2.24, 2.45) is 5.73 Å². The van der Waals surface area contributed by atoms with Crippen molar-refractivity contribution in [2.75, 3.05) is 0 Å². The van der Waals surface area contributed by atoms with Gasteiger partial charge < -0.3 is 11.1 Å². The van der Waals surface area contributed by atoms with E-state index >= 15 is 0 Å². The molecule has 132 valence electrons. The number of halogens is 4. The van der Waals surface area contributed by atoms with Gasteiger partial charge in [0.2, 0.25) is 5.91 Å². The Hall–Kier alpha value is -2.54. The fourth-order valence-electron chi connectivity index (χ4n) is 2.21. The highest BCUT2D eigenvalue weighted by molar-refractivity contribution is 6.33. The molecule has 0 aliphatic rings. The summed E-state index contributed by atoms with van der Waals surface area (Å²) in [6.07, 6.45) is -4.67. The maximum atomic E-state index is 12.8. The first-order chi connectivity index (χ1) is 11.7. The highest BCUT2D eigenvalue weighted by Crippen LogP contribution is 2.29. The molecule has 0 unspecified atom stereocenters. The number of rotatable bonds is 5. The van der Waals surface area contributed by atoms with E-state index in [0.29, 0.717) is 0 Å². The lowest BCUT2D eigenvalue weighted by Crippen LogP contribution is -2.45. The summed E-state index contributed by atoms with van der Waals surface area (Å²) in [5.74, 6) is -1.50. The van der Waals surface area contributed by atoms with Gasteiger partial charge in [-0.1, -0.05) is 41.9 Å². The predicted molar refractivity (Wildman–Crippen MR) is 87.0 cm³/mol. The second-order valence-electron chi connectivity index (χ2n) is 5.31. The molecule has 2 rings (SSSR count). The fourth-order valence-corrected chi connectivity index (χ4v) is 2.44. The lowest BCUT2D eigenvalue weighted by Gasteiger charge is -2.17. The van der Waals surface area contributed by atoms with E-state index in [1.165, 1.54) is 24.3 Å². The molecule has 3 N–H and O–H groups in total. The first-order valence-electron chi connectivity index (χ1n) is 7.19. The molecule has 2 aromatic rings. The van der Waals surface area contributed by atoms with Gasteiger partial charge >= 0.3 is 6.18 Å². The Kier molecular flexibility index (Phi) is 5.69. The summed E-state index contributed by atoms with van der Waals surface area (Å²) in [6.45, 7) is 0. The number of hydrogen-bond donors (Lipinski definition) is 2. The van der Waals surface area contributed by atoms with Crippen molar-refractivity contribution in [3.05, 3.63) is 70.2 Å². The van der Waals surface area contributed by atoms with Crippen LogP contribution in [0.2, 0.25) is 5.02 Å². The summed E-state index contributed by atoms with van der Waals surface area (Å²) in [6, 6.07) is 9.50. The summed E-state index contributed by atoms with van der Waals surface area (Å²) in [5, 5.41) is 2.58. The van der Waals surface area contributed by atoms with E-state index in [2.05, 4.69) is 5.32 Å². The van der Waals surface area contributed by atoms with E-state index in [4.69, 9.17) is 17.3 Å². The standard InChI is InChI=1S/C17H14ClF3N2O2/c18-13-7-2-1-6-12(13)16(25)23-14(15(22)24)9-10-4-3-5-11(8-10)17(19,20)21/h1-8,14H,9H2,(H2,22,24)(H,23,25)/t14-/m0/s1. The molecule has 25 heavy (non-hydrogen) atoms. The van der Waals surface area contributed by atoms with E-state index in [1.54, 1.807) is 12.1 Å². The summed E-state index contributed by atoms with van der Waals surface area (Å²) in [4.78, 5) is 23.8. The highest BCUT2D eigenvalue weighted by Gasteiger charge is 2.30. The molecular weight excluding hydrogens is 357 g/mol. The number of amides is 2. The molecule has 0 aliphatic heterocycles. The Bertz CT molecular complexity index is 793. The molecule has 0 radical (unpaired) electrons. The van der Waals surface area contributed by atoms with Crippen molar-refractivity contribution in [3.63, 3.8) is 0 Å². The van der Waals surface area contributed by atoms with Gasteiger partial charge in [-0.2, -0.15) is 13.2 Å². The zero-order valence-corrected chi connectivity index (χ0v) is 13.6. The van der Waals surface area contributed by atoms with Crippen LogP contribution in [0, 0.1) is 0 Å². The Morgan fingerprint density at radius 3 is 2.40 bits per heavy atom. The SMILES string of the molecule is NC(=O)[C@H](Cc1cccc(C(F)(F)F)c1)NC(=O)c1ccccc1Cl. The third-order valence-corrected chi connectivity index (χ3v) is 3.79. The Morgan fingerprint density at radius 2 is 1.80 bits per heavy atom. The number of carbonyl (C=O) groups excluding carboxylic acids is 2. The zero-order chi connectivity index (χ0) is 18.6. The van der Waals surface area contributed by atoms with Crippen molar-refractivity contribution in [1.29, 1.82) is 0 Å². The minimum atomic E-state index is -4.50. The van der Waals surface area contributed by atoms with Gasteiger partial charge in [-0.3, -0.25) is 9.59 Å². The molecule has 2 amide bonds. The second kappa shape index (κ2) is 7.57. The molecule has 8 heteroatoms. The third kappa shape index (κ3) is 4.96. The van der Waals surface area contributed by atoms with Gasteiger partial charge in [0.25, 0.3) is 5.91 Å². The first kappa shape index (κ1) is 18.8. The maximum absolute atomic E-state index is 12.8. The molecule has 0 spiro atoms. The molecule has 0 bridgehead atoms. The van der Waals surface area contributed by atoms with Crippen molar-refractivity contribution in [1.82, 2.24) is 5.32 Å². The van der Waals surface area contributed by atoms with Crippen LogP contribution in [0.15, 0.2) is 48.5 Å². The van der Waals surface area contributed by atoms with E-state index in [1.807, 2.05) is 0 Å². The van der Waals surface area contributed by atoms with Gasteiger partial charge in [0.1, 0.15) is 6.04 Å². The van der Waals surface area contributed by atoms with E-state index in [9.17, 15) is 22.8 Å². The van der Waals surface area contributed by atoms with E-state index in [-0.39, 0.29) is 22.6 Å². The topological polar surface area (TPSA) is 72.2 Å². The molecule has 2 aromatic carbocycles. The number of nitrogens with one attached hydrogen (secondary N) is 1. The summed E-state index contributed by atoms with van der Waals surface area (Å²) in [7, 11) is 0. The molecule has 0 saturated heterocycles. The number of hydrogen-bond acceptors (Lipinski definition) is 2. The van der Waals surface area contributed by atoms with Crippen molar-refractivity contribution in [3.8, 4) is 0 Å². The van der Waals surface area contributed by atoms with Crippen LogP contribution in [0.1, 0.15) is 21.5 Å². The van der Waals surface area contributed by atoms with Gasteiger partial charge in [-0.25, -0.2) is 0 Å². The Balaban J connectivity index is 2.18. The molecule has 1 atom stereocenters. The fraction of sp³-hybridized carbons (Fsp3) is 0.176. The average Bonchev–Trinajstić information content (AvgIpc) is 2.54. The smallest absolute Gasteiger partial charge is 0.368 e. The van der Waals surface area contributed by atoms with Crippen molar-refractivity contribution in [2.45, 2.75) is 18.6 Å². The largest absolute Gasteiger partial charge is 0.416 e. The first-order valence-corrected chi connectivity index (χ1v) is 7.57. The van der Waals surface area contributed by atoms with Crippen LogP contribution in [-0.4, -0.2) is 17.9 Å². The van der Waals surface area contributed by atoms with E-state index < -0.39 is 29.6 Å². The predicted octanol–water partition coefficient (Wildman–Crippen LogP) is 3.19. The Labute approximate surface area is 146 Å². The minimum Gasteiger partial charge on any atom is -0.368 e. The average molecular weight is 371 g/mol.